The number of carbonyl (C=O) groups is 2. The van der Waals surface area contributed by atoms with Crippen molar-refractivity contribution in [2.24, 2.45) is 0 Å². The molecule has 1 aromatic carbocycles. The van der Waals surface area contributed by atoms with Gasteiger partial charge in [-0.15, -0.1) is 0 Å². The normalized spacial score (nSPS) is 11.8. The number of carbonyl (C=O) groups excluding carboxylic acids is 1. The Morgan fingerprint density at radius 1 is 1.25 bits per heavy atom. The largest absolute Gasteiger partial charge is 0.481 e. The molecule has 2 N–H and O–H groups in total. The first kappa shape index (κ1) is 12.2. The highest BCUT2D eigenvalue weighted by Gasteiger charge is 2.10. The van der Waals surface area contributed by atoms with Gasteiger partial charge in [0.15, 0.2) is 0 Å². The van der Waals surface area contributed by atoms with E-state index in [-0.39, 0.29) is 24.8 Å². The van der Waals surface area contributed by atoms with E-state index in [1.54, 1.807) is 0 Å². The molecule has 0 saturated heterocycles. The molecule has 0 fully saturated rings. The summed E-state index contributed by atoms with van der Waals surface area (Å²) in [6, 6.07) is 9.44. The summed E-state index contributed by atoms with van der Waals surface area (Å²) >= 11 is 0. The molecule has 0 aromatic heterocycles. The average molecular weight is 221 g/mol. The summed E-state index contributed by atoms with van der Waals surface area (Å²) in [5.74, 6) is -1.19. The number of nitrogens with one attached hydrogen (secondary N) is 1. The zero-order valence-electron chi connectivity index (χ0n) is 9.14. The van der Waals surface area contributed by atoms with E-state index in [1.807, 2.05) is 37.3 Å². The zero-order valence-corrected chi connectivity index (χ0v) is 9.14. The average Bonchev–Trinajstić information content (AvgIpc) is 2.27. The molecule has 16 heavy (non-hydrogen) atoms. The van der Waals surface area contributed by atoms with Crippen molar-refractivity contribution >= 4 is 11.9 Å². The Morgan fingerprint density at radius 2 is 1.88 bits per heavy atom. The van der Waals surface area contributed by atoms with E-state index in [2.05, 4.69) is 5.32 Å². The Morgan fingerprint density at radius 3 is 2.44 bits per heavy atom. The predicted octanol–water partition coefficient (Wildman–Crippen LogP) is 1.73. The van der Waals surface area contributed by atoms with Crippen LogP contribution in [0, 0.1) is 0 Å². The van der Waals surface area contributed by atoms with Crippen LogP contribution in [0.2, 0.25) is 0 Å². The summed E-state index contributed by atoms with van der Waals surface area (Å²) < 4.78 is 0. The van der Waals surface area contributed by atoms with E-state index >= 15 is 0 Å². The summed E-state index contributed by atoms with van der Waals surface area (Å²) in [5, 5.41) is 11.2. The smallest absolute Gasteiger partial charge is 0.303 e. The number of amides is 1. The van der Waals surface area contributed by atoms with Gasteiger partial charge < -0.3 is 10.4 Å². The Bertz CT molecular complexity index is 362. The standard InChI is InChI=1S/C12H15NO3/c1-9(10-5-3-2-4-6-10)13-11(14)7-8-12(15)16/h2-6,9H,7-8H2,1H3,(H,13,14)(H,15,16)/t9-/m1/s1. The Hall–Kier alpha value is -1.84. The van der Waals surface area contributed by atoms with E-state index in [1.165, 1.54) is 0 Å². The number of benzene rings is 1. The highest BCUT2D eigenvalue weighted by molar-refractivity contribution is 5.80. The van der Waals surface area contributed by atoms with Gasteiger partial charge in [-0.05, 0) is 12.5 Å². The summed E-state index contributed by atoms with van der Waals surface area (Å²) in [7, 11) is 0. The Kier molecular flexibility index (Phi) is 4.51. The van der Waals surface area contributed by atoms with Crippen LogP contribution in [0.3, 0.4) is 0 Å². The lowest BCUT2D eigenvalue weighted by Gasteiger charge is -2.13. The molecule has 0 unspecified atom stereocenters. The molecule has 1 aromatic rings. The molecule has 0 aliphatic rings. The molecule has 1 amide bonds. The maximum absolute atomic E-state index is 11.4. The first-order valence-electron chi connectivity index (χ1n) is 5.15. The molecule has 4 heteroatoms. The van der Waals surface area contributed by atoms with Gasteiger partial charge in [0, 0.05) is 6.42 Å². The maximum Gasteiger partial charge on any atom is 0.303 e. The minimum atomic E-state index is -0.956. The number of carboxylic acid groups (broad SMARTS) is 1. The molecule has 0 spiro atoms. The number of hydrogen-bond acceptors (Lipinski definition) is 2. The van der Waals surface area contributed by atoms with E-state index in [9.17, 15) is 9.59 Å². The molecule has 4 nitrogen and oxygen atoms in total. The van der Waals surface area contributed by atoms with E-state index in [4.69, 9.17) is 5.11 Å². The number of rotatable bonds is 5. The van der Waals surface area contributed by atoms with Crippen LogP contribution in [0.25, 0.3) is 0 Å². The van der Waals surface area contributed by atoms with E-state index < -0.39 is 5.97 Å². The quantitative estimate of drug-likeness (QED) is 0.795. The van der Waals surface area contributed by atoms with Gasteiger partial charge in [-0.3, -0.25) is 9.59 Å². The minimum absolute atomic E-state index is 0.0203. The first-order valence-corrected chi connectivity index (χ1v) is 5.15. The molecule has 0 radical (unpaired) electrons. The lowest BCUT2D eigenvalue weighted by molar-refractivity contribution is -0.138. The third-order valence-corrected chi connectivity index (χ3v) is 2.24. The van der Waals surface area contributed by atoms with E-state index in [0.717, 1.165) is 5.56 Å². The SMILES string of the molecule is C[C@@H](NC(=O)CCC(=O)O)c1ccccc1. The molecule has 0 aliphatic heterocycles. The summed E-state index contributed by atoms with van der Waals surface area (Å²) in [4.78, 5) is 21.6. The van der Waals surface area contributed by atoms with Crippen LogP contribution < -0.4 is 5.32 Å². The van der Waals surface area contributed by atoms with Crippen molar-refractivity contribution in [2.75, 3.05) is 0 Å². The highest BCUT2D eigenvalue weighted by atomic mass is 16.4. The first-order chi connectivity index (χ1) is 7.59. The fourth-order valence-electron chi connectivity index (χ4n) is 1.36. The fourth-order valence-corrected chi connectivity index (χ4v) is 1.36. The molecular formula is C12H15NO3. The van der Waals surface area contributed by atoms with Crippen LogP contribution >= 0.6 is 0 Å². The van der Waals surface area contributed by atoms with Crippen molar-refractivity contribution in [1.82, 2.24) is 5.32 Å². The molecule has 0 aliphatic carbocycles. The van der Waals surface area contributed by atoms with Gasteiger partial charge in [-0.25, -0.2) is 0 Å². The van der Waals surface area contributed by atoms with Gasteiger partial charge in [-0.1, -0.05) is 30.3 Å². The molecule has 0 heterocycles. The second-order valence-electron chi connectivity index (χ2n) is 3.59. The van der Waals surface area contributed by atoms with Crippen LogP contribution in [0.5, 0.6) is 0 Å². The second-order valence-corrected chi connectivity index (χ2v) is 3.59. The maximum atomic E-state index is 11.4. The van der Waals surface area contributed by atoms with Crippen molar-refractivity contribution in [2.45, 2.75) is 25.8 Å². The summed E-state index contributed by atoms with van der Waals surface area (Å²) in [6.07, 6.45) is -0.111. The Labute approximate surface area is 94.3 Å². The summed E-state index contributed by atoms with van der Waals surface area (Å²) in [6.45, 7) is 1.87. The van der Waals surface area contributed by atoms with Crippen LogP contribution in [-0.2, 0) is 9.59 Å². The van der Waals surface area contributed by atoms with Crippen LogP contribution in [-0.4, -0.2) is 17.0 Å². The Balaban J connectivity index is 2.43. The number of aliphatic carboxylic acids is 1. The predicted molar refractivity (Wildman–Crippen MR) is 59.9 cm³/mol. The zero-order chi connectivity index (χ0) is 12.0. The third-order valence-electron chi connectivity index (χ3n) is 2.24. The van der Waals surface area contributed by atoms with Crippen LogP contribution in [0.1, 0.15) is 31.4 Å². The van der Waals surface area contributed by atoms with E-state index in [0.29, 0.717) is 0 Å². The van der Waals surface area contributed by atoms with Gasteiger partial charge in [0.25, 0.3) is 0 Å². The second kappa shape index (κ2) is 5.90. The van der Waals surface area contributed by atoms with Crippen LogP contribution in [0.15, 0.2) is 30.3 Å². The van der Waals surface area contributed by atoms with Crippen molar-refractivity contribution in [3.8, 4) is 0 Å². The highest BCUT2D eigenvalue weighted by Crippen LogP contribution is 2.11. The molecule has 0 bridgehead atoms. The van der Waals surface area contributed by atoms with Gasteiger partial charge in [0.2, 0.25) is 5.91 Å². The summed E-state index contributed by atoms with van der Waals surface area (Å²) in [5.41, 5.74) is 1.01. The number of hydrogen-bond donors (Lipinski definition) is 2. The lowest BCUT2D eigenvalue weighted by Crippen LogP contribution is -2.26. The van der Waals surface area contributed by atoms with Crippen molar-refractivity contribution in [3.05, 3.63) is 35.9 Å². The fraction of sp³-hybridized carbons (Fsp3) is 0.333. The van der Waals surface area contributed by atoms with Gasteiger partial charge >= 0.3 is 5.97 Å². The molecule has 1 rings (SSSR count). The van der Waals surface area contributed by atoms with Gasteiger partial charge in [0.1, 0.15) is 0 Å². The van der Waals surface area contributed by atoms with Crippen molar-refractivity contribution in [3.63, 3.8) is 0 Å². The third kappa shape index (κ3) is 4.13. The number of carboxylic acids is 1. The molecule has 0 saturated carbocycles. The van der Waals surface area contributed by atoms with Gasteiger partial charge in [0.05, 0.1) is 12.5 Å². The van der Waals surface area contributed by atoms with Crippen molar-refractivity contribution in [1.29, 1.82) is 0 Å². The van der Waals surface area contributed by atoms with Crippen molar-refractivity contribution < 1.29 is 14.7 Å². The van der Waals surface area contributed by atoms with Crippen LogP contribution in [0.4, 0.5) is 0 Å². The topological polar surface area (TPSA) is 66.4 Å². The lowest BCUT2D eigenvalue weighted by atomic mass is 10.1. The van der Waals surface area contributed by atoms with Gasteiger partial charge in [-0.2, -0.15) is 0 Å². The minimum Gasteiger partial charge on any atom is -0.481 e. The monoisotopic (exact) mass is 221 g/mol. The molecule has 1 atom stereocenters. The molecular weight excluding hydrogens is 206 g/mol. The molecule has 86 valence electrons.